The van der Waals surface area contributed by atoms with Crippen LogP contribution < -0.4 is 14.8 Å². The van der Waals surface area contributed by atoms with Gasteiger partial charge in [0.2, 0.25) is 0 Å². The van der Waals surface area contributed by atoms with Crippen molar-refractivity contribution in [2.24, 2.45) is 0 Å². The highest BCUT2D eigenvalue weighted by Crippen LogP contribution is 2.33. The van der Waals surface area contributed by atoms with Gasteiger partial charge in [0.1, 0.15) is 5.69 Å². The molecule has 0 spiro atoms. The Morgan fingerprint density at radius 2 is 1.58 bits per heavy atom. The van der Waals surface area contributed by atoms with Crippen molar-refractivity contribution in [3.05, 3.63) is 96.2 Å². The Morgan fingerprint density at radius 3 is 2.26 bits per heavy atom. The molecule has 0 unspecified atom stereocenters. The molecular formula is C25H23N3O3. The SMILES string of the molecule is COc1ccc(-c2nn(-c3ccccc3)cc2C(=O)NCc2ccccc2)cc1OC. The Hall–Kier alpha value is -4.06. The van der Waals surface area contributed by atoms with Crippen molar-refractivity contribution in [3.8, 4) is 28.4 Å². The molecule has 1 amide bonds. The normalized spacial score (nSPS) is 10.5. The van der Waals surface area contributed by atoms with Gasteiger partial charge in [0.15, 0.2) is 11.5 Å². The second-order valence-corrected chi connectivity index (χ2v) is 6.91. The number of hydrogen-bond acceptors (Lipinski definition) is 4. The number of methoxy groups -OCH3 is 2. The average Bonchev–Trinajstić information content (AvgIpc) is 3.29. The van der Waals surface area contributed by atoms with Gasteiger partial charge in [0.05, 0.1) is 25.5 Å². The van der Waals surface area contributed by atoms with Crippen LogP contribution >= 0.6 is 0 Å². The summed E-state index contributed by atoms with van der Waals surface area (Å²) in [5.74, 6) is 0.990. The number of para-hydroxylation sites is 1. The number of nitrogens with one attached hydrogen (secondary N) is 1. The molecule has 4 aromatic rings. The number of benzene rings is 3. The van der Waals surface area contributed by atoms with Crippen LogP contribution in [0.1, 0.15) is 15.9 Å². The van der Waals surface area contributed by atoms with Crippen LogP contribution in [0.4, 0.5) is 0 Å². The molecule has 0 fully saturated rings. The van der Waals surface area contributed by atoms with E-state index in [2.05, 4.69) is 5.32 Å². The maximum Gasteiger partial charge on any atom is 0.255 e. The van der Waals surface area contributed by atoms with E-state index in [4.69, 9.17) is 14.6 Å². The van der Waals surface area contributed by atoms with Gasteiger partial charge in [-0.2, -0.15) is 5.10 Å². The number of nitrogens with zero attached hydrogens (tertiary/aromatic N) is 2. The van der Waals surface area contributed by atoms with Crippen molar-refractivity contribution in [1.29, 1.82) is 0 Å². The van der Waals surface area contributed by atoms with E-state index in [0.717, 1.165) is 16.8 Å². The standard InChI is InChI=1S/C25H23N3O3/c1-30-22-14-13-19(15-23(22)31-2)24-21(17-28(27-24)20-11-7-4-8-12-20)25(29)26-16-18-9-5-3-6-10-18/h3-15,17H,16H2,1-2H3,(H,26,29). The van der Waals surface area contributed by atoms with Gasteiger partial charge in [-0.25, -0.2) is 4.68 Å². The van der Waals surface area contributed by atoms with Crippen LogP contribution in [0.25, 0.3) is 16.9 Å². The molecule has 0 saturated carbocycles. The third-order valence-electron chi connectivity index (χ3n) is 4.93. The highest BCUT2D eigenvalue weighted by molar-refractivity contribution is 6.00. The zero-order valence-electron chi connectivity index (χ0n) is 17.4. The van der Waals surface area contributed by atoms with E-state index in [-0.39, 0.29) is 5.91 Å². The minimum Gasteiger partial charge on any atom is -0.493 e. The van der Waals surface area contributed by atoms with E-state index in [1.165, 1.54) is 0 Å². The van der Waals surface area contributed by atoms with Gasteiger partial charge >= 0.3 is 0 Å². The highest BCUT2D eigenvalue weighted by Gasteiger charge is 2.20. The van der Waals surface area contributed by atoms with Crippen LogP contribution in [0.5, 0.6) is 11.5 Å². The fraction of sp³-hybridized carbons (Fsp3) is 0.120. The summed E-state index contributed by atoms with van der Waals surface area (Å²) in [6, 6.07) is 25.0. The number of aromatic nitrogens is 2. The summed E-state index contributed by atoms with van der Waals surface area (Å²) >= 11 is 0. The summed E-state index contributed by atoms with van der Waals surface area (Å²) in [7, 11) is 3.17. The Morgan fingerprint density at radius 1 is 0.903 bits per heavy atom. The molecule has 31 heavy (non-hydrogen) atoms. The van der Waals surface area contributed by atoms with Gasteiger partial charge in [0.25, 0.3) is 5.91 Å². The zero-order valence-corrected chi connectivity index (χ0v) is 17.4. The topological polar surface area (TPSA) is 65.4 Å². The quantitative estimate of drug-likeness (QED) is 0.485. The summed E-state index contributed by atoms with van der Waals surface area (Å²) in [6.45, 7) is 0.432. The Bertz CT molecular complexity index is 1170. The monoisotopic (exact) mass is 413 g/mol. The highest BCUT2D eigenvalue weighted by atomic mass is 16.5. The van der Waals surface area contributed by atoms with Gasteiger partial charge in [0, 0.05) is 18.3 Å². The van der Waals surface area contributed by atoms with Crippen LogP contribution in [-0.4, -0.2) is 29.9 Å². The first-order valence-corrected chi connectivity index (χ1v) is 9.89. The number of carbonyl (C=O) groups excluding carboxylic acids is 1. The fourth-order valence-corrected chi connectivity index (χ4v) is 3.32. The molecule has 0 radical (unpaired) electrons. The first-order valence-electron chi connectivity index (χ1n) is 9.89. The lowest BCUT2D eigenvalue weighted by Crippen LogP contribution is -2.23. The maximum atomic E-state index is 13.1. The van der Waals surface area contributed by atoms with Gasteiger partial charge in [-0.1, -0.05) is 48.5 Å². The number of hydrogen-bond donors (Lipinski definition) is 1. The van der Waals surface area contributed by atoms with Crippen LogP contribution in [0.2, 0.25) is 0 Å². The van der Waals surface area contributed by atoms with Gasteiger partial charge in [-0.3, -0.25) is 4.79 Å². The van der Waals surface area contributed by atoms with E-state index in [0.29, 0.717) is 29.3 Å². The predicted octanol–water partition coefficient (Wildman–Crippen LogP) is 4.49. The smallest absolute Gasteiger partial charge is 0.255 e. The maximum absolute atomic E-state index is 13.1. The second kappa shape index (κ2) is 9.17. The van der Waals surface area contributed by atoms with Gasteiger partial charge < -0.3 is 14.8 Å². The molecule has 0 aliphatic carbocycles. The molecule has 156 valence electrons. The van der Waals surface area contributed by atoms with Gasteiger partial charge in [-0.05, 0) is 35.9 Å². The second-order valence-electron chi connectivity index (χ2n) is 6.91. The van der Waals surface area contributed by atoms with Crippen molar-refractivity contribution in [3.63, 3.8) is 0 Å². The number of amides is 1. The van der Waals surface area contributed by atoms with Crippen molar-refractivity contribution < 1.29 is 14.3 Å². The Balaban J connectivity index is 1.72. The van der Waals surface area contributed by atoms with Crippen LogP contribution in [0.15, 0.2) is 85.1 Å². The van der Waals surface area contributed by atoms with E-state index >= 15 is 0 Å². The van der Waals surface area contributed by atoms with E-state index in [1.54, 1.807) is 31.2 Å². The molecule has 0 aliphatic heterocycles. The Labute approximate surface area is 181 Å². The fourth-order valence-electron chi connectivity index (χ4n) is 3.32. The molecule has 6 heteroatoms. The van der Waals surface area contributed by atoms with E-state index in [9.17, 15) is 4.79 Å². The minimum absolute atomic E-state index is 0.198. The summed E-state index contributed by atoms with van der Waals surface area (Å²) < 4.78 is 12.5. The molecule has 0 aliphatic rings. The molecule has 0 bridgehead atoms. The lowest BCUT2D eigenvalue weighted by atomic mass is 10.1. The zero-order chi connectivity index (χ0) is 21.6. The van der Waals surface area contributed by atoms with Crippen LogP contribution in [0.3, 0.4) is 0 Å². The van der Waals surface area contributed by atoms with Crippen molar-refractivity contribution >= 4 is 5.91 Å². The third-order valence-corrected chi connectivity index (χ3v) is 4.93. The molecule has 4 rings (SSSR count). The summed E-state index contributed by atoms with van der Waals surface area (Å²) in [5, 5.41) is 7.71. The molecule has 0 atom stereocenters. The van der Waals surface area contributed by atoms with Gasteiger partial charge in [-0.15, -0.1) is 0 Å². The van der Waals surface area contributed by atoms with Crippen molar-refractivity contribution in [2.75, 3.05) is 14.2 Å². The summed E-state index contributed by atoms with van der Waals surface area (Å²) in [5.41, 5.74) is 3.70. The summed E-state index contributed by atoms with van der Waals surface area (Å²) in [6.07, 6.45) is 1.75. The lowest BCUT2D eigenvalue weighted by molar-refractivity contribution is 0.0951. The first-order chi connectivity index (χ1) is 15.2. The number of rotatable bonds is 7. The lowest BCUT2D eigenvalue weighted by Gasteiger charge is -2.10. The number of carbonyl (C=O) groups is 1. The van der Waals surface area contributed by atoms with Crippen LogP contribution in [0, 0.1) is 0 Å². The van der Waals surface area contributed by atoms with E-state index < -0.39 is 0 Å². The third kappa shape index (κ3) is 4.43. The molecule has 1 heterocycles. The van der Waals surface area contributed by atoms with E-state index in [1.807, 2.05) is 72.8 Å². The molecule has 1 aromatic heterocycles. The predicted molar refractivity (Wildman–Crippen MR) is 120 cm³/mol. The average molecular weight is 413 g/mol. The molecular weight excluding hydrogens is 390 g/mol. The molecule has 6 nitrogen and oxygen atoms in total. The van der Waals surface area contributed by atoms with Crippen molar-refractivity contribution in [1.82, 2.24) is 15.1 Å². The largest absolute Gasteiger partial charge is 0.493 e. The first kappa shape index (κ1) is 20.2. The summed E-state index contributed by atoms with van der Waals surface area (Å²) in [4.78, 5) is 13.1. The van der Waals surface area contributed by atoms with Crippen LogP contribution in [-0.2, 0) is 6.54 Å². The number of ether oxygens (including phenoxy) is 2. The minimum atomic E-state index is -0.198. The Kier molecular flexibility index (Phi) is 5.98. The molecule has 3 aromatic carbocycles. The molecule has 1 N–H and O–H groups in total. The molecule has 0 saturated heterocycles. The van der Waals surface area contributed by atoms with Crippen molar-refractivity contribution in [2.45, 2.75) is 6.54 Å².